The zero-order valence-electron chi connectivity index (χ0n) is 15.0. The highest BCUT2D eigenvalue weighted by atomic mass is 32.1. The molecule has 1 aliphatic heterocycles. The molecule has 0 spiro atoms. The van der Waals surface area contributed by atoms with Gasteiger partial charge >= 0.3 is 0 Å². The van der Waals surface area contributed by atoms with Gasteiger partial charge in [-0.3, -0.25) is 0 Å². The average molecular weight is 360 g/mol. The summed E-state index contributed by atoms with van der Waals surface area (Å²) in [6, 6.07) is 16.2. The van der Waals surface area contributed by atoms with Crippen molar-refractivity contribution in [1.29, 1.82) is 5.41 Å². The number of anilines is 1. The first kappa shape index (κ1) is 16.6. The summed E-state index contributed by atoms with van der Waals surface area (Å²) in [6.45, 7) is 4.15. The van der Waals surface area contributed by atoms with Gasteiger partial charge in [-0.05, 0) is 72.5 Å². The Hall–Kier alpha value is -2.85. The SMILES string of the molecule is COc1c(C)cc(-c2c3ccc(=N)cc-3sc3cc(N)ccc23)cc1C. The molecule has 0 saturated heterocycles. The van der Waals surface area contributed by atoms with Gasteiger partial charge in [0.2, 0.25) is 0 Å². The van der Waals surface area contributed by atoms with E-state index in [0.29, 0.717) is 5.36 Å². The normalized spacial score (nSPS) is 11.2. The van der Waals surface area contributed by atoms with E-state index >= 15 is 0 Å². The highest BCUT2D eigenvalue weighted by Crippen LogP contribution is 2.44. The second-order valence-corrected chi connectivity index (χ2v) is 7.67. The Morgan fingerprint density at radius 1 is 0.962 bits per heavy atom. The molecule has 0 saturated carbocycles. The smallest absolute Gasteiger partial charge is 0.124 e. The number of aryl methyl sites for hydroxylation is 2. The number of nitrogens with one attached hydrogen (secondary N) is 1. The zero-order valence-corrected chi connectivity index (χ0v) is 15.8. The van der Waals surface area contributed by atoms with E-state index in [9.17, 15) is 0 Å². The first-order chi connectivity index (χ1) is 12.5. The molecule has 0 unspecified atom stereocenters. The van der Waals surface area contributed by atoms with Crippen molar-refractivity contribution in [1.82, 2.24) is 0 Å². The van der Waals surface area contributed by atoms with Crippen LogP contribution in [0.1, 0.15) is 11.1 Å². The lowest BCUT2D eigenvalue weighted by molar-refractivity contribution is 0.408. The van der Waals surface area contributed by atoms with E-state index in [0.717, 1.165) is 43.3 Å². The molecule has 26 heavy (non-hydrogen) atoms. The zero-order chi connectivity index (χ0) is 18.4. The number of hydrogen-bond acceptors (Lipinski definition) is 4. The van der Waals surface area contributed by atoms with E-state index in [-0.39, 0.29) is 0 Å². The molecule has 1 heterocycles. The number of rotatable bonds is 2. The van der Waals surface area contributed by atoms with E-state index in [1.54, 1.807) is 18.4 Å². The average Bonchev–Trinajstić information content (AvgIpc) is 2.59. The van der Waals surface area contributed by atoms with Crippen LogP contribution in [0, 0.1) is 19.3 Å². The quantitative estimate of drug-likeness (QED) is 0.373. The maximum atomic E-state index is 7.99. The predicted molar refractivity (Wildman–Crippen MR) is 110 cm³/mol. The van der Waals surface area contributed by atoms with Gasteiger partial charge in [-0.15, -0.1) is 11.3 Å². The van der Waals surface area contributed by atoms with Crippen LogP contribution in [0.4, 0.5) is 5.69 Å². The maximum Gasteiger partial charge on any atom is 0.124 e. The Bertz CT molecular complexity index is 1150. The van der Waals surface area contributed by atoms with Crippen molar-refractivity contribution >= 4 is 27.1 Å². The van der Waals surface area contributed by atoms with Crippen LogP contribution in [0.25, 0.3) is 31.7 Å². The number of ether oxygens (including phenoxy) is 1. The molecule has 4 heteroatoms. The molecule has 0 radical (unpaired) electrons. The maximum absolute atomic E-state index is 7.99. The third-order valence-corrected chi connectivity index (χ3v) is 5.81. The molecule has 130 valence electrons. The second kappa shape index (κ2) is 6.15. The molecule has 2 aliphatic rings. The molecule has 1 aliphatic carbocycles. The summed E-state index contributed by atoms with van der Waals surface area (Å²) in [5, 5.41) is 9.69. The Labute approximate surface area is 156 Å². The summed E-state index contributed by atoms with van der Waals surface area (Å²) >= 11 is 1.68. The number of methoxy groups -OCH3 is 1. The summed E-state index contributed by atoms with van der Waals surface area (Å²) in [6.07, 6.45) is 0. The first-order valence-electron chi connectivity index (χ1n) is 8.44. The van der Waals surface area contributed by atoms with Gasteiger partial charge < -0.3 is 15.9 Å². The van der Waals surface area contributed by atoms with Crippen molar-refractivity contribution in [3.05, 3.63) is 65.0 Å². The van der Waals surface area contributed by atoms with Crippen LogP contribution in [0.3, 0.4) is 0 Å². The van der Waals surface area contributed by atoms with Crippen molar-refractivity contribution in [2.75, 3.05) is 12.8 Å². The highest BCUT2D eigenvalue weighted by Gasteiger charge is 2.17. The van der Waals surface area contributed by atoms with Gasteiger partial charge in [-0.25, -0.2) is 0 Å². The monoisotopic (exact) mass is 360 g/mol. The number of hydrogen-bond donors (Lipinski definition) is 2. The molecule has 0 atom stereocenters. The summed E-state index contributed by atoms with van der Waals surface area (Å²) < 4.78 is 6.66. The van der Waals surface area contributed by atoms with Crippen molar-refractivity contribution in [3.63, 3.8) is 0 Å². The number of fused-ring (bicyclic) bond motifs is 2. The van der Waals surface area contributed by atoms with Gasteiger partial charge in [-0.1, -0.05) is 12.1 Å². The minimum Gasteiger partial charge on any atom is -0.496 e. The molecule has 3 nitrogen and oxygen atoms in total. The van der Waals surface area contributed by atoms with Crippen molar-refractivity contribution in [2.45, 2.75) is 13.8 Å². The van der Waals surface area contributed by atoms with Gasteiger partial charge in [0.1, 0.15) is 5.75 Å². The lowest BCUT2D eigenvalue weighted by Crippen LogP contribution is -1.99. The number of nitrogen functional groups attached to an aromatic ring is 1. The molecule has 0 bridgehead atoms. The second-order valence-electron chi connectivity index (χ2n) is 6.59. The van der Waals surface area contributed by atoms with Gasteiger partial charge in [-0.2, -0.15) is 0 Å². The molecular formula is C22H20N2OS. The van der Waals surface area contributed by atoms with Gasteiger partial charge in [0, 0.05) is 26.2 Å². The number of nitrogens with two attached hydrogens (primary N) is 1. The summed E-state index contributed by atoms with van der Waals surface area (Å²) in [4.78, 5) is 1.09. The van der Waals surface area contributed by atoms with Crippen LogP contribution in [0.2, 0.25) is 0 Å². The fraction of sp³-hybridized carbons (Fsp3) is 0.136. The lowest BCUT2D eigenvalue weighted by atomic mass is 9.92. The fourth-order valence-corrected chi connectivity index (χ4v) is 4.81. The molecule has 2 aromatic carbocycles. The van der Waals surface area contributed by atoms with Crippen LogP contribution >= 0.6 is 11.3 Å². The first-order valence-corrected chi connectivity index (χ1v) is 9.26. The molecule has 0 amide bonds. The third-order valence-electron chi connectivity index (χ3n) is 4.70. The molecule has 2 aromatic rings. The van der Waals surface area contributed by atoms with Crippen LogP contribution in [0.5, 0.6) is 5.75 Å². The largest absolute Gasteiger partial charge is 0.496 e. The fourth-order valence-electron chi connectivity index (χ4n) is 3.63. The minimum atomic E-state index is 0.519. The van der Waals surface area contributed by atoms with Gasteiger partial charge in [0.25, 0.3) is 0 Å². The van der Waals surface area contributed by atoms with Crippen molar-refractivity contribution < 1.29 is 4.74 Å². The molecular weight excluding hydrogens is 340 g/mol. The molecule has 0 fully saturated rings. The van der Waals surface area contributed by atoms with Crippen molar-refractivity contribution in [3.8, 4) is 27.3 Å². The van der Waals surface area contributed by atoms with Crippen molar-refractivity contribution in [2.24, 2.45) is 0 Å². The molecule has 4 rings (SSSR count). The Kier molecular flexibility index (Phi) is 3.93. The van der Waals surface area contributed by atoms with E-state index in [2.05, 4.69) is 32.0 Å². The van der Waals surface area contributed by atoms with Gasteiger partial charge in [0.05, 0.1) is 12.5 Å². The topological polar surface area (TPSA) is 59.1 Å². The van der Waals surface area contributed by atoms with E-state index in [4.69, 9.17) is 15.9 Å². The predicted octanol–water partition coefficient (Wildman–Crippen LogP) is 5.36. The van der Waals surface area contributed by atoms with Gasteiger partial charge in [0.15, 0.2) is 0 Å². The van der Waals surface area contributed by atoms with Crippen LogP contribution in [0.15, 0.2) is 48.5 Å². The summed E-state index contributed by atoms with van der Waals surface area (Å²) in [5.41, 5.74) is 12.5. The van der Waals surface area contributed by atoms with E-state index < -0.39 is 0 Å². The third kappa shape index (κ3) is 2.63. The summed E-state index contributed by atoms with van der Waals surface area (Å²) in [7, 11) is 1.71. The minimum absolute atomic E-state index is 0.519. The highest BCUT2D eigenvalue weighted by molar-refractivity contribution is 7.21. The number of benzene rings is 3. The Balaban J connectivity index is 2.15. The van der Waals surface area contributed by atoms with E-state index in [1.165, 1.54) is 10.9 Å². The van der Waals surface area contributed by atoms with Crippen LogP contribution < -0.4 is 15.8 Å². The molecule has 3 N–H and O–H groups in total. The lowest BCUT2D eigenvalue weighted by Gasteiger charge is -2.18. The summed E-state index contributed by atoms with van der Waals surface area (Å²) in [5.74, 6) is 0.929. The van der Waals surface area contributed by atoms with Crippen LogP contribution in [-0.2, 0) is 0 Å². The standard InChI is InChI=1S/C22H20N2OS/c1-12-8-14(9-13(2)22(12)25-3)21-17-6-4-15(23)10-19(17)26-20-11-16(24)5-7-18(20)21/h4-11,23H,24H2,1-3H3. The van der Waals surface area contributed by atoms with E-state index in [1.807, 2.05) is 30.3 Å². The molecule has 0 aromatic heterocycles. The Morgan fingerprint density at radius 3 is 2.38 bits per heavy atom. The Morgan fingerprint density at radius 2 is 1.69 bits per heavy atom. The van der Waals surface area contributed by atoms with Crippen LogP contribution in [-0.4, -0.2) is 7.11 Å².